The molecule has 28 heavy (non-hydrogen) atoms. The SMILES string of the molecule is Cc1cc(C(=O)OCC(=O)Nc2ccc(C(=O)N(C)C)cc2)c(C)n1C1CC1. The number of nitrogens with one attached hydrogen (secondary N) is 1. The lowest BCUT2D eigenvalue weighted by Crippen LogP contribution is -2.22. The summed E-state index contributed by atoms with van der Waals surface area (Å²) in [6.45, 7) is 3.50. The molecule has 0 atom stereocenters. The Morgan fingerprint density at radius 2 is 1.79 bits per heavy atom. The van der Waals surface area contributed by atoms with Crippen LogP contribution in [-0.2, 0) is 9.53 Å². The van der Waals surface area contributed by atoms with Crippen LogP contribution in [0.25, 0.3) is 0 Å². The average Bonchev–Trinajstić information content (AvgIpc) is 3.44. The molecule has 1 heterocycles. The van der Waals surface area contributed by atoms with Crippen LogP contribution in [0, 0.1) is 13.8 Å². The molecule has 1 fully saturated rings. The van der Waals surface area contributed by atoms with Gasteiger partial charge in [-0.15, -0.1) is 0 Å². The van der Waals surface area contributed by atoms with Gasteiger partial charge in [0.2, 0.25) is 0 Å². The number of esters is 1. The van der Waals surface area contributed by atoms with Crippen LogP contribution in [0.15, 0.2) is 30.3 Å². The second-order valence-electron chi connectivity index (χ2n) is 7.29. The van der Waals surface area contributed by atoms with Gasteiger partial charge in [-0.05, 0) is 57.0 Å². The van der Waals surface area contributed by atoms with Crippen molar-refractivity contribution in [2.24, 2.45) is 0 Å². The van der Waals surface area contributed by atoms with Gasteiger partial charge in [0.15, 0.2) is 6.61 Å². The van der Waals surface area contributed by atoms with E-state index in [9.17, 15) is 14.4 Å². The topological polar surface area (TPSA) is 80.6 Å². The molecule has 2 aromatic rings. The molecule has 1 aromatic heterocycles. The Labute approximate surface area is 164 Å². The van der Waals surface area contributed by atoms with Crippen molar-refractivity contribution in [3.05, 3.63) is 52.8 Å². The fourth-order valence-corrected chi connectivity index (χ4v) is 3.24. The predicted molar refractivity (Wildman–Crippen MR) is 106 cm³/mol. The molecule has 0 saturated heterocycles. The summed E-state index contributed by atoms with van der Waals surface area (Å²) in [5.74, 6) is -1.05. The summed E-state index contributed by atoms with van der Waals surface area (Å²) in [7, 11) is 3.35. The van der Waals surface area contributed by atoms with Crippen molar-refractivity contribution in [1.29, 1.82) is 0 Å². The van der Waals surface area contributed by atoms with E-state index in [2.05, 4.69) is 9.88 Å². The van der Waals surface area contributed by atoms with Crippen molar-refractivity contribution in [1.82, 2.24) is 9.47 Å². The first-order valence-corrected chi connectivity index (χ1v) is 9.25. The summed E-state index contributed by atoms with van der Waals surface area (Å²) in [4.78, 5) is 37.8. The highest BCUT2D eigenvalue weighted by Gasteiger charge is 2.28. The number of nitrogens with zero attached hydrogens (tertiary/aromatic N) is 2. The number of anilines is 1. The lowest BCUT2D eigenvalue weighted by molar-refractivity contribution is -0.119. The predicted octanol–water partition coefficient (Wildman–Crippen LogP) is 2.94. The van der Waals surface area contributed by atoms with Crippen LogP contribution < -0.4 is 5.32 Å². The third-order valence-corrected chi connectivity index (χ3v) is 4.77. The van der Waals surface area contributed by atoms with Crippen molar-refractivity contribution in [2.45, 2.75) is 32.7 Å². The summed E-state index contributed by atoms with van der Waals surface area (Å²) in [5, 5.41) is 2.66. The number of benzene rings is 1. The van der Waals surface area contributed by atoms with E-state index in [0.29, 0.717) is 22.9 Å². The third-order valence-electron chi connectivity index (χ3n) is 4.77. The van der Waals surface area contributed by atoms with Gasteiger partial charge in [0.05, 0.1) is 5.56 Å². The molecule has 1 N–H and O–H groups in total. The van der Waals surface area contributed by atoms with Crippen molar-refractivity contribution < 1.29 is 19.1 Å². The van der Waals surface area contributed by atoms with Crippen LogP contribution in [0.3, 0.4) is 0 Å². The number of hydrogen-bond donors (Lipinski definition) is 1. The van der Waals surface area contributed by atoms with E-state index in [1.807, 2.05) is 19.9 Å². The largest absolute Gasteiger partial charge is 0.452 e. The Bertz CT molecular complexity index is 908. The van der Waals surface area contributed by atoms with E-state index in [1.165, 1.54) is 4.90 Å². The lowest BCUT2D eigenvalue weighted by Gasteiger charge is -2.11. The van der Waals surface area contributed by atoms with Crippen molar-refractivity contribution >= 4 is 23.5 Å². The number of carbonyl (C=O) groups is 3. The maximum absolute atomic E-state index is 12.4. The zero-order valence-corrected chi connectivity index (χ0v) is 16.6. The Morgan fingerprint density at radius 1 is 1.14 bits per heavy atom. The number of hydrogen-bond acceptors (Lipinski definition) is 4. The van der Waals surface area contributed by atoms with Gasteiger partial charge in [-0.2, -0.15) is 0 Å². The number of amides is 2. The minimum Gasteiger partial charge on any atom is -0.452 e. The van der Waals surface area contributed by atoms with Crippen LogP contribution >= 0.6 is 0 Å². The Hall–Kier alpha value is -3.09. The minimum absolute atomic E-state index is 0.115. The standard InChI is InChI=1S/C21H25N3O4/c1-13-11-18(14(2)24(13)17-9-10-17)21(27)28-12-19(25)22-16-7-5-15(6-8-16)20(26)23(3)4/h5-8,11,17H,9-10,12H2,1-4H3,(H,22,25). The van der Waals surface area contributed by atoms with Crippen LogP contribution in [0.5, 0.6) is 0 Å². The van der Waals surface area contributed by atoms with Gasteiger partial charge in [-0.3, -0.25) is 9.59 Å². The summed E-state index contributed by atoms with van der Waals surface area (Å²) in [5.41, 5.74) is 3.47. The fourth-order valence-electron chi connectivity index (χ4n) is 3.24. The highest BCUT2D eigenvalue weighted by molar-refractivity contribution is 5.97. The first kappa shape index (κ1) is 19.7. The van der Waals surface area contributed by atoms with E-state index < -0.39 is 11.9 Å². The van der Waals surface area contributed by atoms with Crippen molar-refractivity contribution in [3.8, 4) is 0 Å². The molecule has 0 bridgehead atoms. The molecular formula is C21H25N3O4. The number of aromatic nitrogens is 1. The third kappa shape index (κ3) is 4.24. The smallest absolute Gasteiger partial charge is 0.340 e. The molecular weight excluding hydrogens is 358 g/mol. The maximum Gasteiger partial charge on any atom is 0.340 e. The number of carbonyl (C=O) groups excluding carboxylic acids is 3. The Kier molecular flexibility index (Phi) is 5.53. The molecule has 1 saturated carbocycles. The molecule has 0 spiro atoms. The molecule has 1 aliphatic carbocycles. The monoisotopic (exact) mass is 383 g/mol. The number of aryl methyl sites for hydroxylation is 1. The normalized spacial score (nSPS) is 13.1. The van der Waals surface area contributed by atoms with Gasteiger partial charge in [0.25, 0.3) is 11.8 Å². The Balaban J connectivity index is 1.55. The van der Waals surface area contributed by atoms with Crippen LogP contribution in [0.1, 0.15) is 51.0 Å². The molecule has 0 radical (unpaired) electrons. The van der Waals surface area contributed by atoms with Gasteiger partial charge in [0, 0.05) is 42.8 Å². The van der Waals surface area contributed by atoms with E-state index >= 15 is 0 Å². The summed E-state index contributed by atoms with van der Waals surface area (Å²) >= 11 is 0. The average molecular weight is 383 g/mol. The van der Waals surface area contributed by atoms with Gasteiger partial charge in [-0.1, -0.05) is 0 Å². The van der Waals surface area contributed by atoms with E-state index in [-0.39, 0.29) is 12.5 Å². The van der Waals surface area contributed by atoms with E-state index in [4.69, 9.17) is 4.74 Å². The summed E-state index contributed by atoms with van der Waals surface area (Å²) in [6.07, 6.45) is 2.26. The van der Waals surface area contributed by atoms with Gasteiger partial charge < -0.3 is 19.5 Å². The molecule has 7 nitrogen and oxygen atoms in total. The molecule has 0 aliphatic heterocycles. The van der Waals surface area contributed by atoms with Crippen molar-refractivity contribution in [3.63, 3.8) is 0 Å². The minimum atomic E-state index is -0.498. The second kappa shape index (κ2) is 7.88. The molecule has 0 unspecified atom stereocenters. The molecule has 7 heteroatoms. The maximum atomic E-state index is 12.4. The van der Waals surface area contributed by atoms with Gasteiger partial charge in [-0.25, -0.2) is 4.79 Å². The van der Waals surface area contributed by atoms with E-state index in [0.717, 1.165) is 24.2 Å². The van der Waals surface area contributed by atoms with Gasteiger partial charge in [0.1, 0.15) is 0 Å². The van der Waals surface area contributed by atoms with E-state index in [1.54, 1.807) is 38.4 Å². The first-order valence-electron chi connectivity index (χ1n) is 9.25. The molecule has 1 aliphatic rings. The first-order chi connectivity index (χ1) is 13.3. The quantitative estimate of drug-likeness (QED) is 0.778. The fraction of sp³-hybridized carbons (Fsp3) is 0.381. The highest BCUT2D eigenvalue weighted by Crippen LogP contribution is 2.38. The molecule has 148 valence electrons. The van der Waals surface area contributed by atoms with Crippen LogP contribution in [-0.4, -0.2) is 48.0 Å². The molecule has 1 aromatic carbocycles. The lowest BCUT2D eigenvalue weighted by atomic mass is 10.2. The van der Waals surface area contributed by atoms with Crippen molar-refractivity contribution in [2.75, 3.05) is 26.0 Å². The van der Waals surface area contributed by atoms with Crippen LogP contribution in [0.4, 0.5) is 5.69 Å². The summed E-state index contributed by atoms with van der Waals surface area (Å²) < 4.78 is 7.34. The van der Waals surface area contributed by atoms with Crippen LogP contribution in [0.2, 0.25) is 0 Å². The highest BCUT2D eigenvalue weighted by atomic mass is 16.5. The summed E-state index contributed by atoms with van der Waals surface area (Å²) in [6, 6.07) is 8.84. The molecule has 3 rings (SSSR count). The van der Waals surface area contributed by atoms with Gasteiger partial charge >= 0.3 is 5.97 Å². The number of rotatable bonds is 6. The number of ether oxygens (including phenoxy) is 1. The zero-order valence-electron chi connectivity index (χ0n) is 16.6. The zero-order chi connectivity index (χ0) is 20.4. The molecule has 2 amide bonds. The Morgan fingerprint density at radius 3 is 2.36 bits per heavy atom. The second-order valence-corrected chi connectivity index (χ2v) is 7.29.